The van der Waals surface area contributed by atoms with Gasteiger partial charge in [-0.3, -0.25) is 14.5 Å². The molecule has 22 heavy (non-hydrogen) atoms. The third-order valence-electron chi connectivity index (χ3n) is 3.97. The van der Waals surface area contributed by atoms with E-state index in [9.17, 15) is 9.59 Å². The van der Waals surface area contributed by atoms with Gasteiger partial charge < -0.3 is 10.2 Å². The van der Waals surface area contributed by atoms with Gasteiger partial charge in [-0.1, -0.05) is 29.8 Å². The number of nitrogens with one attached hydrogen (secondary N) is 1. The number of nitrogens with zero attached hydrogens (tertiary/aromatic N) is 2. The summed E-state index contributed by atoms with van der Waals surface area (Å²) < 4.78 is 0. The number of carbonyl (C=O) groups is 2. The van der Waals surface area contributed by atoms with Gasteiger partial charge >= 0.3 is 0 Å². The maximum atomic E-state index is 12.5. The van der Waals surface area contributed by atoms with Crippen LogP contribution in [0.15, 0.2) is 24.3 Å². The largest absolute Gasteiger partial charge is 0.353 e. The normalized spacial score (nSPS) is 16.2. The Hall–Kier alpha value is -1.88. The number of hydrogen-bond donors (Lipinski definition) is 1. The lowest BCUT2D eigenvalue weighted by molar-refractivity contribution is -0.129. The number of benzene rings is 1. The minimum Gasteiger partial charge on any atom is -0.353 e. The summed E-state index contributed by atoms with van der Waals surface area (Å²) in [5.41, 5.74) is 2.12. The summed E-state index contributed by atoms with van der Waals surface area (Å²) in [5.74, 6) is 0.166. The minimum absolute atomic E-state index is 0.0257. The molecular formula is C17H25N3O2. The zero-order chi connectivity index (χ0) is 16.1. The van der Waals surface area contributed by atoms with Crippen LogP contribution in [-0.2, 0) is 9.59 Å². The summed E-state index contributed by atoms with van der Waals surface area (Å²) >= 11 is 0. The van der Waals surface area contributed by atoms with Crippen LogP contribution >= 0.6 is 0 Å². The quantitative estimate of drug-likeness (QED) is 0.863. The summed E-state index contributed by atoms with van der Waals surface area (Å²) in [6, 6.07) is 7.69. The molecule has 1 aromatic rings. The van der Waals surface area contributed by atoms with E-state index >= 15 is 0 Å². The van der Waals surface area contributed by atoms with E-state index < -0.39 is 0 Å². The second-order valence-corrected chi connectivity index (χ2v) is 6.06. The van der Waals surface area contributed by atoms with Gasteiger partial charge in [0.1, 0.15) is 6.04 Å². The molecule has 2 rings (SSSR count). The molecule has 120 valence electrons. The second kappa shape index (κ2) is 7.40. The number of aryl methyl sites for hydroxylation is 1. The molecule has 0 spiro atoms. The Morgan fingerprint density at radius 1 is 1.41 bits per heavy atom. The zero-order valence-electron chi connectivity index (χ0n) is 13.6. The highest BCUT2D eigenvalue weighted by molar-refractivity contribution is 5.83. The Morgan fingerprint density at radius 3 is 2.77 bits per heavy atom. The molecule has 0 aliphatic carbocycles. The maximum absolute atomic E-state index is 12.5. The van der Waals surface area contributed by atoms with E-state index in [1.54, 1.807) is 0 Å². The van der Waals surface area contributed by atoms with Crippen LogP contribution in [-0.4, -0.2) is 55.3 Å². The van der Waals surface area contributed by atoms with Crippen LogP contribution < -0.4 is 5.32 Å². The highest BCUT2D eigenvalue weighted by Gasteiger charge is 2.24. The van der Waals surface area contributed by atoms with E-state index in [1.807, 2.05) is 55.1 Å². The lowest BCUT2D eigenvalue weighted by Gasteiger charge is -2.25. The number of likely N-dealkylation sites (tertiary alicyclic amines) is 1. The van der Waals surface area contributed by atoms with Crippen LogP contribution in [0.3, 0.4) is 0 Å². The molecule has 0 saturated carbocycles. The first kappa shape index (κ1) is 16.5. The Morgan fingerprint density at radius 2 is 2.18 bits per heavy atom. The first-order chi connectivity index (χ1) is 10.5. The maximum Gasteiger partial charge on any atom is 0.242 e. The molecule has 1 atom stereocenters. The monoisotopic (exact) mass is 303 g/mol. The average molecular weight is 303 g/mol. The van der Waals surface area contributed by atoms with Gasteiger partial charge in [-0.05, 0) is 33.0 Å². The van der Waals surface area contributed by atoms with E-state index in [-0.39, 0.29) is 17.9 Å². The molecule has 1 saturated heterocycles. The van der Waals surface area contributed by atoms with E-state index in [4.69, 9.17) is 0 Å². The Kier molecular flexibility index (Phi) is 5.55. The van der Waals surface area contributed by atoms with Gasteiger partial charge in [-0.25, -0.2) is 0 Å². The number of hydrogen-bond acceptors (Lipinski definition) is 3. The molecule has 5 nitrogen and oxygen atoms in total. The third-order valence-corrected chi connectivity index (χ3v) is 3.97. The number of carbonyl (C=O) groups excluding carboxylic acids is 2. The Labute approximate surface area is 132 Å². The predicted octanol–water partition coefficient (Wildman–Crippen LogP) is 1.34. The summed E-state index contributed by atoms with van der Waals surface area (Å²) in [5, 5.41) is 2.95. The fourth-order valence-electron chi connectivity index (χ4n) is 2.88. The molecule has 5 heteroatoms. The molecule has 1 fully saturated rings. The number of rotatable bonds is 6. The van der Waals surface area contributed by atoms with E-state index in [2.05, 4.69) is 5.32 Å². The van der Waals surface area contributed by atoms with E-state index in [1.165, 1.54) is 0 Å². The number of amides is 2. The zero-order valence-corrected chi connectivity index (χ0v) is 13.6. The Balaban J connectivity index is 1.94. The molecule has 1 heterocycles. The van der Waals surface area contributed by atoms with Gasteiger partial charge in [0.15, 0.2) is 0 Å². The van der Waals surface area contributed by atoms with Crippen LogP contribution in [0, 0.1) is 6.92 Å². The van der Waals surface area contributed by atoms with Gasteiger partial charge in [-0.15, -0.1) is 0 Å². The fourth-order valence-corrected chi connectivity index (χ4v) is 2.88. The Bertz CT molecular complexity index is 542. The molecule has 0 unspecified atom stereocenters. The molecule has 1 N–H and O–H groups in total. The van der Waals surface area contributed by atoms with Gasteiger partial charge in [0.2, 0.25) is 11.8 Å². The van der Waals surface area contributed by atoms with Crippen molar-refractivity contribution in [2.75, 3.05) is 33.7 Å². The van der Waals surface area contributed by atoms with Crippen molar-refractivity contribution in [3.05, 3.63) is 35.4 Å². The van der Waals surface area contributed by atoms with Gasteiger partial charge in [0, 0.05) is 26.1 Å². The van der Waals surface area contributed by atoms with Crippen molar-refractivity contribution in [1.29, 1.82) is 0 Å². The van der Waals surface area contributed by atoms with Crippen molar-refractivity contribution < 1.29 is 9.59 Å². The van der Waals surface area contributed by atoms with Gasteiger partial charge in [0.25, 0.3) is 0 Å². The van der Waals surface area contributed by atoms with Crippen LogP contribution in [0.1, 0.15) is 30.0 Å². The molecule has 1 aliphatic rings. The second-order valence-electron chi connectivity index (χ2n) is 6.06. The van der Waals surface area contributed by atoms with Crippen LogP contribution in [0.5, 0.6) is 0 Å². The first-order valence-electron chi connectivity index (χ1n) is 7.77. The molecular weight excluding hydrogens is 278 g/mol. The molecule has 0 aromatic heterocycles. The van der Waals surface area contributed by atoms with Crippen molar-refractivity contribution in [2.24, 2.45) is 0 Å². The molecule has 0 radical (unpaired) electrons. The van der Waals surface area contributed by atoms with Crippen molar-refractivity contribution in [3.63, 3.8) is 0 Å². The highest BCUT2D eigenvalue weighted by atomic mass is 16.2. The SMILES string of the molecule is Cc1cccc([C@@H](C(=O)NCCN2CCCC2=O)N(C)C)c1. The summed E-state index contributed by atoms with van der Waals surface area (Å²) in [7, 11) is 3.80. The average Bonchev–Trinajstić information content (AvgIpc) is 2.84. The smallest absolute Gasteiger partial charge is 0.242 e. The summed E-state index contributed by atoms with van der Waals surface area (Å²) in [4.78, 5) is 27.8. The van der Waals surface area contributed by atoms with Crippen molar-refractivity contribution >= 4 is 11.8 Å². The molecule has 1 aromatic carbocycles. The van der Waals surface area contributed by atoms with Gasteiger partial charge in [0.05, 0.1) is 0 Å². The molecule has 2 amide bonds. The van der Waals surface area contributed by atoms with E-state index in [0.717, 1.165) is 24.1 Å². The van der Waals surface area contributed by atoms with Crippen molar-refractivity contribution in [1.82, 2.24) is 15.1 Å². The van der Waals surface area contributed by atoms with Crippen molar-refractivity contribution in [2.45, 2.75) is 25.8 Å². The summed E-state index contributed by atoms with van der Waals surface area (Å²) in [6.45, 7) is 3.93. The third kappa shape index (κ3) is 4.07. The first-order valence-corrected chi connectivity index (χ1v) is 7.77. The van der Waals surface area contributed by atoms with E-state index in [0.29, 0.717) is 19.5 Å². The van der Waals surface area contributed by atoms with Crippen molar-refractivity contribution in [3.8, 4) is 0 Å². The topological polar surface area (TPSA) is 52.7 Å². The highest BCUT2D eigenvalue weighted by Crippen LogP contribution is 2.19. The summed E-state index contributed by atoms with van der Waals surface area (Å²) in [6.07, 6.45) is 1.56. The standard InChI is InChI=1S/C17H25N3O2/c1-13-6-4-7-14(12-13)16(19(2)3)17(22)18-9-11-20-10-5-8-15(20)21/h4,6-7,12,16H,5,8-11H2,1-3H3,(H,18,22)/t16-/m0/s1. The molecule has 0 bridgehead atoms. The fraction of sp³-hybridized carbons (Fsp3) is 0.529. The number of likely N-dealkylation sites (N-methyl/N-ethyl adjacent to an activating group) is 1. The van der Waals surface area contributed by atoms with Crippen LogP contribution in [0.2, 0.25) is 0 Å². The van der Waals surface area contributed by atoms with Gasteiger partial charge in [-0.2, -0.15) is 0 Å². The predicted molar refractivity (Wildman–Crippen MR) is 86.4 cm³/mol. The minimum atomic E-state index is -0.311. The molecule has 1 aliphatic heterocycles. The lowest BCUT2D eigenvalue weighted by Crippen LogP contribution is -2.41. The van der Waals surface area contributed by atoms with Crippen LogP contribution in [0.4, 0.5) is 0 Å². The lowest BCUT2D eigenvalue weighted by atomic mass is 10.0. The van der Waals surface area contributed by atoms with Crippen LogP contribution in [0.25, 0.3) is 0 Å².